The maximum atomic E-state index is 13.9. The minimum Gasteiger partial charge on any atom is -0.497 e. The third-order valence-corrected chi connectivity index (χ3v) is 3.97. The summed E-state index contributed by atoms with van der Waals surface area (Å²) < 4.78 is 72.1. The van der Waals surface area contributed by atoms with Gasteiger partial charge in [-0.1, -0.05) is 0 Å². The van der Waals surface area contributed by atoms with Gasteiger partial charge in [0.25, 0.3) is 0 Å². The number of halogens is 5. The van der Waals surface area contributed by atoms with Crippen molar-refractivity contribution in [2.45, 2.75) is 19.6 Å². The smallest absolute Gasteiger partial charge is 0.435 e. The zero-order valence-corrected chi connectivity index (χ0v) is 14.8. The first-order valence-corrected chi connectivity index (χ1v) is 8.05. The van der Waals surface area contributed by atoms with Crippen LogP contribution in [0.15, 0.2) is 36.5 Å². The summed E-state index contributed by atoms with van der Waals surface area (Å²) in [5.41, 5.74) is -0.584. The summed E-state index contributed by atoms with van der Waals surface area (Å²) in [4.78, 5) is 4.05. The van der Waals surface area contributed by atoms with Gasteiger partial charge in [-0.2, -0.15) is 18.3 Å². The lowest BCUT2D eigenvalue weighted by Crippen LogP contribution is -2.08. The van der Waals surface area contributed by atoms with Gasteiger partial charge in [0, 0.05) is 29.9 Å². The highest BCUT2D eigenvalue weighted by atomic mass is 19.4. The van der Waals surface area contributed by atoms with Crippen molar-refractivity contribution in [2.24, 2.45) is 0 Å². The molecule has 2 aromatic heterocycles. The predicted octanol–water partition coefficient (Wildman–Crippen LogP) is 4.49. The molecule has 10 heteroatoms. The minimum atomic E-state index is -4.54. The van der Waals surface area contributed by atoms with Gasteiger partial charge in [-0.25, -0.2) is 18.4 Å². The van der Waals surface area contributed by atoms with Crippen molar-refractivity contribution in [3.8, 4) is 11.4 Å². The molecule has 0 unspecified atom stereocenters. The Labute approximate surface area is 156 Å². The van der Waals surface area contributed by atoms with Crippen LogP contribution in [-0.4, -0.2) is 21.9 Å². The van der Waals surface area contributed by atoms with Gasteiger partial charge in [-0.15, -0.1) is 0 Å². The molecule has 0 atom stereocenters. The van der Waals surface area contributed by atoms with Gasteiger partial charge in [-0.3, -0.25) is 0 Å². The fraction of sp³-hybridized carbons (Fsp3) is 0.222. The number of nitrogens with zero attached hydrogens (tertiary/aromatic N) is 3. The molecule has 0 bridgehead atoms. The largest absolute Gasteiger partial charge is 0.497 e. The third-order valence-electron chi connectivity index (χ3n) is 3.97. The van der Waals surface area contributed by atoms with E-state index in [2.05, 4.69) is 15.4 Å². The van der Waals surface area contributed by atoms with E-state index in [0.717, 1.165) is 22.9 Å². The second-order valence-electron chi connectivity index (χ2n) is 5.91. The zero-order chi connectivity index (χ0) is 20.5. The fourth-order valence-corrected chi connectivity index (χ4v) is 2.54. The van der Waals surface area contributed by atoms with Crippen LogP contribution in [0.2, 0.25) is 0 Å². The Morgan fingerprint density at radius 2 is 1.79 bits per heavy atom. The van der Waals surface area contributed by atoms with E-state index < -0.39 is 23.5 Å². The Bertz CT molecular complexity index is 960. The lowest BCUT2D eigenvalue weighted by atomic mass is 10.2. The van der Waals surface area contributed by atoms with Gasteiger partial charge in [0.2, 0.25) is 0 Å². The number of hydrogen-bond donors (Lipinski definition) is 1. The van der Waals surface area contributed by atoms with Crippen molar-refractivity contribution < 1.29 is 26.7 Å². The van der Waals surface area contributed by atoms with Crippen LogP contribution in [0.5, 0.6) is 5.75 Å². The average molecular weight is 398 g/mol. The van der Waals surface area contributed by atoms with Crippen LogP contribution in [-0.2, 0) is 12.7 Å². The van der Waals surface area contributed by atoms with Crippen LogP contribution in [0.25, 0.3) is 5.69 Å². The molecule has 0 saturated heterocycles. The molecule has 1 aromatic carbocycles. The number of nitrogens with one attached hydrogen (secondary N) is 1. The molecule has 0 aliphatic heterocycles. The maximum absolute atomic E-state index is 13.9. The number of methoxy groups -OCH3 is 1. The van der Waals surface area contributed by atoms with Gasteiger partial charge < -0.3 is 10.1 Å². The summed E-state index contributed by atoms with van der Waals surface area (Å²) in [6.45, 7) is 1.32. The summed E-state index contributed by atoms with van der Waals surface area (Å²) in [5.74, 6) is -1.19. The molecule has 0 radical (unpaired) electrons. The van der Waals surface area contributed by atoms with Gasteiger partial charge in [-0.05, 0) is 25.1 Å². The first kappa shape index (κ1) is 19.6. The van der Waals surface area contributed by atoms with E-state index in [9.17, 15) is 22.0 Å². The SMILES string of the molecule is COc1cc(F)c(CNc2ccc(-n3nc(C(F)(F)F)cc3C)cn2)c(F)c1. The number of pyridine rings is 1. The third kappa shape index (κ3) is 4.05. The molecule has 0 amide bonds. The Morgan fingerprint density at radius 1 is 1.11 bits per heavy atom. The van der Waals surface area contributed by atoms with Crippen molar-refractivity contribution in [2.75, 3.05) is 12.4 Å². The molecule has 1 N–H and O–H groups in total. The summed E-state index contributed by atoms with van der Waals surface area (Å²) in [5, 5.41) is 6.30. The second kappa shape index (κ2) is 7.45. The summed E-state index contributed by atoms with van der Waals surface area (Å²) in [6, 6.07) is 6.03. The Hall–Kier alpha value is -3.17. The molecule has 0 spiro atoms. The number of ether oxygens (including phenoxy) is 1. The van der Waals surface area contributed by atoms with Crippen molar-refractivity contribution in [3.05, 3.63) is 65.1 Å². The highest BCUT2D eigenvalue weighted by Crippen LogP contribution is 2.29. The van der Waals surface area contributed by atoms with Gasteiger partial charge in [0.15, 0.2) is 5.69 Å². The lowest BCUT2D eigenvalue weighted by Gasteiger charge is -2.10. The molecular weight excluding hydrogens is 383 g/mol. The molecule has 3 rings (SSSR count). The Morgan fingerprint density at radius 3 is 2.29 bits per heavy atom. The molecule has 5 nitrogen and oxygen atoms in total. The number of rotatable bonds is 5. The molecule has 0 aliphatic carbocycles. The van der Waals surface area contributed by atoms with Gasteiger partial charge >= 0.3 is 6.18 Å². The van der Waals surface area contributed by atoms with E-state index >= 15 is 0 Å². The van der Waals surface area contributed by atoms with Crippen LogP contribution >= 0.6 is 0 Å². The number of aryl methyl sites for hydroxylation is 1. The van der Waals surface area contributed by atoms with Gasteiger partial charge in [0.05, 0.1) is 19.0 Å². The van der Waals surface area contributed by atoms with E-state index in [0.29, 0.717) is 11.5 Å². The highest BCUT2D eigenvalue weighted by Gasteiger charge is 2.34. The Kier molecular flexibility index (Phi) is 5.21. The molecule has 148 valence electrons. The van der Waals surface area contributed by atoms with Crippen LogP contribution < -0.4 is 10.1 Å². The normalized spacial score (nSPS) is 11.5. The topological polar surface area (TPSA) is 52.0 Å². The van der Waals surface area contributed by atoms with Crippen molar-refractivity contribution in [3.63, 3.8) is 0 Å². The van der Waals surface area contributed by atoms with E-state index in [1.165, 1.54) is 32.4 Å². The van der Waals surface area contributed by atoms with Crippen molar-refractivity contribution in [1.29, 1.82) is 0 Å². The predicted molar refractivity (Wildman–Crippen MR) is 91.3 cm³/mol. The van der Waals surface area contributed by atoms with Crippen LogP contribution in [0, 0.1) is 18.6 Å². The zero-order valence-electron chi connectivity index (χ0n) is 14.8. The minimum absolute atomic E-state index is 0.0639. The highest BCUT2D eigenvalue weighted by molar-refractivity contribution is 5.42. The lowest BCUT2D eigenvalue weighted by molar-refractivity contribution is -0.141. The number of aromatic nitrogens is 3. The van der Waals surface area contributed by atoms with Crippen molar-refractivity contribution >= 4 is 5.82 Å². The van der Waals surface area contributed by atoms with Crippen LogP contribution in [0.1, 0.15) is 17.0 Å². The molecule has 0 aliphatic rings. The molecule has 3 aromatic rings. The molecule has 0 fully saturated rings. The van der Waals surface area contributed by atoms with E-state index in [1.807, 2.05) is 0 Å². The standard InChI is InChI=1S/C18H15F5N4O/c1-10-5-16(18(21,22)23)26-27(10)11-3-4-17(24-8-11)25-9-13-14(19)6-12(28-2)7-15(13)20/h3-8H,9H2,1-2H3,(H,24,25). The summed E-state index contributed by atoms with van der Waals surface area (Å²) in [7, 11) is 1.30. The number of hydrogen-bond acceptors (Lipinski definition) is 4. The monoisotopic (exact) mass is 398 g/mol. The molecule has 28 heavy (non-hydrogen) atoms. The maximum Gasteiger partial charge on any atom is 0.435 e. The van der Waals surface area contributed by atoms with Crippen LogP contribution in [0.4, 0.5) is 27.8 Å². The van der Waals surface area contributed by atoms with E-state index in [1.54, 1.807) is 0 Å². The number of benzene rings is 1. The molecule has 2 heterocycles. The van der Waals surface area contributed by atoms with E-state index in [4.69, 9.17) is 4.74 Å². The number of alkyl halides is 3. The van der Waals surface area contributed by atoms with E-state index in [-0.39, 0.29) is 23.6 Å². The number of anilines is 1. The summed E-state index contributed by atoms with van der Waals surface area (Å²) >= 11 is 0. The summed E-state index contributed by atoms with van der Waals surface area (Å²) in [6.07, 6.45) is -3.24. The van der Waals surface area contributed by atoms with Crippen molar-refractivity contribution in [1.82, 2.24) is 14.8 Å². The Balaban J connectivity index is 1.75. The average Bonchev–Trinajstić information content (AvgIpc) is 3.03. The molecular formula is C18H15F5N4O. The first-order valence-electron chi connectivity index (χ1n) is 8.05. The second-order valence-corrected chi connectivity index (χ2v) is 5.91. The van der Waals surface area contributed by atoms with Gasteiger partial charge in [0.1, 0.15) is 23.2 Å². The van der Waals surface area contributed by atoms with Crippen LogP contribution in [0.3, 0.4) is 0 Å². The quantitative estimate of drug-likeness (QED) is 0.644. The fourth-order valence-electron chi connectivity index (χ4n) is 2.54. The molecule has 0 saturated carbocycles. The first-order chi connectivity index (χ1) is 13.2.